The summed E-state index contributed by atoms with van der Waals surface area (Å²) in [6, 6.07) is 2.73. The standard InChI is InChI=1S/C11H15F3N4O2S/c1-2-5-15-9-4-3-8(18(19)20)10(17-9)16-6-7-21-11(12,13)14/h3-4H,2,5-7H2,1H3,(H2,15,16,17). The minimum absolute atomic E-state index is 0.0381. The fourth-order valence-corrected chi connectivity index (χ4v) is 1.85. The van der Waals surface area contributed by atoms with Gasteiger partial charge in [-0.1, -0.05) is 6.92 Å². The topological polar surface area (TPSA) is 80.1 Å². The van der Waals surface area contributed by atoms with Crippen molar-refractivity contribution in [3.63, 3.8) is 0 Å². The molecule has 0 saturated carbocycles. The van der Waals surface area contributed by atoms with E-state index >= 15 is 0 Å². The van der Waals surface area contributed by atoms with Crippen LogP contribution in [0.4, 0.5) is 30.5 Å². The second-order valence-electron chi connectivity index (χ2n) is 3.97. The first-order chi connectivity index (χ1) is 9.83. The maximum Gasteiger partial charge on any atom is 0.441 e. The van der Waals surface area contributed by atoms with Crippen molar-refractivity contribution in [3.05, 3.63) is 22.2 Å². The average molecular weight is 324 g/mol. The van der Waals surface area contributed by atoms with Crippen molar-refractivity contribution in [3.8, 4) is 0 Å². The molecule has 0 atom stereocenters. The lowest BCUT2D eigenvalue weighted by molar-refractivity contribution is -0.384. The summed E-state index contributed by atoms with van der Waals surface area (Å²) in [4.78, 5) is 14.2. The van der Waals surface area contributed by atoms with Crippen molar-refractivity contribution in [2.75, 3.05) is 29.5 Å². The second-order valence-corrected chi connectivity index (χ2v) is 5.13. The molecule has 0 aliphatic rings. The molecule has 1 aromatic rings. The molecule has 1 aromatic heterocycles. The minimum atomic E-state index is -4.31. The predicted molar refractivity (Wildman–Crippen MR) is 76.7 cm³/mol. The molecule has 0 aliphatic carbocycles. The Bertz CT molecular complexity index is 485. The Morgan fingerprint density at radius 3 is 2.62 bits per heavy atom. The molecule has 0 bridgehead atoms. The molecule has 0 unspecified atom stereocenters. The smallest absolute Gasteiger partial charge is 0.370 e. The number of hydrogen-bond acceptors (Lipinski definition) is 6. The highest BCUT2D eigenvalue weighted by Gasteiger charge is 2.27. The Labute approximate surface area is 123 Å². The van der Waals surface area contributed by atoms with Gasteiger partial charge in [-0.15, -0.1) is 0 Å². The summed E-state index contributed by atoms with van der Waals surface area (Å²) in [6.07, 6.45) is 0.851. The van der Waals surface area contributed by atoms with Gasteiger partial charge < -0.3 is 10.6 Å². The van der Waals surface area contributed by atoms with Crippen molar-refractivity contribution in [1.29, 1.82) is 0 Å². The lowest BCUT2D eigenvalue weighted by Gasteiger charge is -2.10. The number of aromatic nitrogens is 1. The van der Waals surface area contributed by atoms with Crippen molar-refractivity contribution in [2.45, 2.75) is 18.9 Å². The minimum Gasteiger partial charge on any atom is -0.370 e. The Kier molecular flexibility index (Phi) is 6.53. The number of alkyl halides is 3. The fraction of sp³-hybridized carbons (Fsp3) is 0.545. The van der Waals surface area contributed by atoms with Crippen LogP contribution in [-0.4, -0.2) is 34.3 Å². The third kappa shape index (κ3) is 6.52. The lowest BCUT2D eigenvalue weighted by Crippen LogP contribution is -2.12. The zero-order valence-electron chi connectivity index (χ0n) is 11.2. The van der Waals surface area contributed by atoms with Crippen LogP contribution in [-0.2, 0) is 0 Å². The van der Waals surface area contributed by atoms with E-state index in [-0.39, 0.29) is 35.6 Å². The Hall–Kier alpha value is -1.71. The maximum absolute atomic E-state index is 12.0. The summed E-state index contributed by atoms with van der Waals surface area (Å²) < 4.78 is 36.0. The number of nitro groups is 1. The first kappa shape index (κ1) is 17.3. The van der Waals surface area contributed by atoms with Gasteiger partial charge in [0.05, 0.1) is 4.92 Å². The first-order valence-electron chi connectivity index (χ1n) is 6.17. The van der Waals surface area contributed by atoms with Gasteiger partial charge in [0.1, 0.15) is 5.82 Å². The van der Waals surface area contributed by atoms with Crippen LogP contribution in [0.1, 0.15) is 13.3 Å². The van der Waals surface area contributed by atoms with Crippen molar-refractivity contribution < 1.29 is 18.1 Å². The third-order valence-corrected chi connectivity index (χ3v) is 3.02. The number of nitrogens with zero attached hydrogens (tertiary/aromatic N) is 2. The fourth-order valence-electron chi connectivity index (χ4n) is 1.42. The van der Waals surface area contributed by atoms with Crippen LogP contribution >= 0.6 is 11.8 Å². The molecule has 10 heteroatoms. The molecule has 1 heterocycles. The van der Waals surface area contributed by atoms with E-state index in [1.165, 1.54) is 12.1 Å². The molecule has 0 saturated heterocycles. The number of halogens is 3. The summed E-state index contributed by atoms with van der Waals surface area (Å²) in [5.41, 5.74) is -4.58. The van der Waals surface area contributed by atoms with Gasteiger partial charge >= 0.3 is 11.2 Å². The quantitative estimate of drug-likeness (QED) is 0.433. The van der Waals surface area contributed by atoms with Gasteiger partial charge in [-0.2, -0.15) is 13.2 Å². The number of rotatable bonds is 8. The van der Waals surface area contributed by atoms with E-state index in [4.69, 9.17) is 0 Å². The second kappa shape index (κ2) is 7.91. The lowest BCUT2D eigenvalue weighted by atomic mass is 10.3. The molecule has 21 heavy (non-hydrogen) atoms. The third-order valence-electron chi connectivity index (χ3n) is 2.29. The number of thioether (sulfide) groups is 1. The van der Waals surface area contributed by atoms with E-state index < -0.39 is 10.4 Å². The molecule has 2 N–H and O–H groups in total. The molecule has 0 amide bonds. The Morgan fingerprint density at radius 2 is 2.05 bits per heavy atom. The van der Waals surface area contributed by atoms with Crippen LogP contribution < -0.4 is 10.6 Å². The highest BCUT2D eigenvalue weighted by molar-refractivity contribution is 8.00. The first-order valence-corrected chi connectivity index (χ1v) is 7.16. The molecule has 0 aliphatic heterocycles. The Morgan fingerprint density at radius 1 is 1.33 bits per heavy atom. The normalized spacial score (nSPS) is 11.2. The molecule has 1 rings (SSSR count). The van der Waals surface area contributed by atoms with Crippen molar-refractivity contribution in [2.24, 2.45) is 0 Å². The van der Waals surface area contributed by atoms with Crippen molar-refractivity contribution >= 4 is 29.1 Å². The summed E-state index contributed by atoms with van der Waals surface area (Å²) in [5, 5.41) is 16.4. The zero-order valence-corrected chi connectivity index (χ0v) is 12.1. The van der Waals surface area contributed by atoms with E-state index in [0.717, 1.165) is 6.42 Å². The van der Waals surface area contributed by atoms with Crippen molar-refractivity contribution in [1.82, 2.24) is 4.98 Å². The maximum atomic E-state index is 12.0. The van der Waals surface area contributed by atoms with Gasteiger partial charge in [0.2, 0.25) is 5.82 Å². The van der Waals surface area contributed by atoms with E-state index in [1.807, 2.05) is 6.92 Å². The van der Waals surface area contributed by atoms with Gasteiger partial charge in [-0.3, -0.25) is 10.1 Å². The summed E-state index contributed by atoms with van der Waals surface area (Å²) in [5.74, 6) is 0.145. The Balaban J connectivity index is 2.69. The van der Waals surface area contributed by atoms with Crippen LogP contribution in [0.25, 0.3) is 0 Å². The number of anilines is 2. The van der Waals surface area contributed by atoms with E-state index in [9.17, 15) is 23.3 Å². The molecule has 0 fully saturated rings. The highest BCUT2D eigenvalue weighted by atomic mass is 32.2. The van der Waals surface area contributed by atoms with Crippen LogP contribution in [0.3, 0.4) is 0 Å². The van der Waals surface area contributed by atoms with Crippen LogP contribution in [0, 0.1) is 10.1 Å². The number of hydrogen-bond donors (Lipinski definition) is 2. The van der Waals surface area contributed by atoms with Gasteiger partial charge in [0.15, 0.2) is 0 Å². The largest absolute Gasteiger partial charge is 0.441 e. The molecule has 0 aromatic carbocycles. The number of nitrogens with one attached hydrogen (secondary N) is 2. The molecule has 6 nitrogen and oxygen atoms in total. The molecular formula is C11H15F3N4O2S. The highest BCUT2D eigenvalue weighted by Crippen LogP contribution is 2.30. The van der Waals surface area contributed by atoms with Crippen LogP contribution in [0.15, 0.2) is 12.1 Å². The molecular weight excluding hydrogens is 309 g/mol. The summed E-state index contributed by atoms with van der Waals surface area (Å²) in [7, 11) is 0. The van der Waals surface area contributed by atoms with Gasteiger partial charge in [-0.05, 0) is 24.2 Å². The summed E-state index contributed by atoms with van der Waals surface area (Å²) >= 11 is -0.191. The number of pyridine rings is 1. The predicted octanol–water partition coefficient (Wildman–Crippen LogP) is 3.48. The molecule has 0 radical (unpaired) electrons. The molecule has 0 spiro atoms. The van der Waals surface area contributed by atoms with Crippen LogP contribution in [0.5, 0.6) is 0 Å². The molecule has 118 valence electrons. The SMILES string of the molecule is CCCNc1ccc([N+](=O)[O-])c(NCCSC(F)(F)F)n1. The van der Waals surface area contributed by atoms with E-state index in [2.05, 4.69) is 15.6 Å². The average Bonchev–Trinajstić information content (AvgIpc) is 2.40. The van der Waals surface area contributed by atoms with E-state index in [0.29, 0.717) is 12.4 Å². The van der Waals surface area contributed by atoms with Crippen LogP contribution in [0.2, 0.25) is 0 Å². The zero-order chi connectivity index (χ0) is 15.9. The monoisotopic (exact) mass is 324 g/mol. The summed E-state index contributed by atoms with van der Waals surface area (Å²) in [6.45, 7) is 2.52. The van der Waals surface area contributed by atoms with E-state index in [1.54, 1.807) is 0 Å². The van der Waals surface area contributed by atoms with Gasteiger partial charge in [0, 0.05) is 24.9 Å². The van der Waals surface area contributed by atoms with Gasteiger partial charge in [0.25, 0.3) is 0 Å². The van der Waals surface area contributed by atoms with Gasteiger partial charge in [-0.25, -0.2) is 4.98 Å².